The van der Waals surface area contributed by atoms with Crippen LogP contribution < -0.4 is 15.8 Å². The van der Waals surface area contributed by atoms with Gasteiger partial charge in [0.2, 0.25) is 0 Å². The van der Waals surface area contributed by atoms with E-state index in [0.717, 1.165) is 6.42 Å². The number of rotatable bonds is 6. The van der Waals surface area contributed by atoms with E-state index >= 15 is 0 Å². The second kappa shape index (κ2) is 6.43. The Morgan fingerprint density at radius 3 is 2.68 bits per heavy atom. The smallest absolute Gasteiger partial charge is 0.251 e. The summed E-state index contributed by atoms with van der Waals surface area (Å²) in [6.45, 7) is 3.91. The summed E-state index contributed by atoms with van der Waals surface area (Å²) in [7, 11) is 1.53. The summed E-state index contributed by atoms with van der Waals surface area (Å²) in [6, 6.07) is 4.90. The molecule has 19 heavy (non-hydrogen) atoms. The first-order valence-electron chi connectivity index (χ1n) is 6.32. The van der Waals surface area contributed by atoms with E-state index in [1.54, 1.807) is 18.2 Å². The molecule has 0 saturated heterocycles. The van der Waals surface area contributed by atoms with Crippen LogP contribution >= 0.6 is 0 Å². The summed E-state index contributed by atoms with van der Waals surface area (Å²) >= 11 is 0. The highest BCUT2D eigenvalue weighted by molar-refractivity contribution is 5.96. The average molecular weight is 266 g/mol. The zero-order valence-corrected chi connectivity index (χ0v) is 11.7. The summed E-state index contributed by atoms with van der Waals surface area (Å²) in [5.74, 6) is 0.328. The quantitative estimate of drug-likeness (QED) is 0.682. The molecule has 0 aliphatic carbocycles. The molecule has 0 radical (unpaired) electrons. The van der Waals surface area contributed by atoms with Crippen LogP contribution in [0.4, 0.5) is 5.69 Å². The minimum atomic E-state index is -0.427. The maximum absolute atomic E-state index is 12.2. The molecule has 1 amide bonds. The highest BCUT2D eigenvalue weighted by Gasteiger charge is 2.24. The molecule has 1 unspecified atom stereocenters. The van der Waals surface area contributed by atoms with Crippen LogP contribution in [0.1, 0.15) is 37.0 Å². The number of nitrogens with one attached hydrogen (secondary N) is 1. The van der Waals surface area contributed by atoms with Gasteiger partial charge in [0.15, 0.2) is 0 Å². The number of carbonyl (C=O) groups excluding carboxylic acids is 1. The SMILES string of the molecule is CCC(C)(CCO)NC(=O)c1cc(N)cc(OC)c1. The number of amides is 1. The zero-order valence-electron chi connectivity index (χ0n) is 11.7. The van der Waals surface area contributed by atoms with Crippen LogP contribution in [0.2, 0.25) is 0 Å². The molecule has 0 bridgehead atoms. The van der Waals surface area contributed by atoms with Crippen LogP contribution in [-0.4, -0.2) is 30.3 Å². The lowest BCUT2D eigenvalue weighted by Gasteiger charge is -2.29. The Morgan fingerprint density at radius 2 is 2.16 bits per heavy atom. The summed E-state index contributed by atoms with van der Waals surface area (Å²) in [5, 5.41) is 12.0. The highest BCUT2D eigenvalue weighted by atomic mass is 16.5. The van der Waals surface area contributed by atoms with Gasteiger partial charge in [0.25, 0.3) is 5.91 Å². The molecular weight excluding hydrogens is 244 g/mol. The van der Waals surface area contributed by atoms with Gasteiger partial charge in [-0.1, -0.05) is 6.92 Å². The molecule has 0 aliphatic rings. The number of nitrogen functional groups attached to an aromatic ring is 1. The highest BCUT2D eigenvalue weighted by Crippen LogP contribution is 2.20. The molecule has 1 aromatic rings. The lowest BCUT2D eigenvalue weighted by Crippen LogP contribution is -2.46. The second-order valence-electron chi connectivity index (χ2n) is 4.84. The number of aliphatic hydroxyl groups is 1. The van der Waals surface area contributed by atoms with E-state index in [0.29, 0.717) is 23.4 Å². The fourth-order valence-electron chi connectivity index (χ4n) is 1.79. The summed E-state index contributed by atoms with van der Waals surface area (Å²) in [5.41, 5.74) is 6.23. The molecule has 4 N–H and O–H groups in total. The first-order chi connectivity index (χ1) is 8.94. The Balaban J connectivity index is 2.91. The minimum Gasteiger partial charge on any atom is -0.497 e. The fraction of sp³-hybridized carbons (Fsp3) is 0.500. The van der Waals surface area contributed by atoms with Gasteiger partial charge in [-0.25, -0.2) is 0 Å². The molecule has 1 atom stereocenters. The maximum Gasteiger partial charge on any atom is 0.251 e. The Labute approximate surface area is 113 Å². The molecule has 5 nitrogen and oxygen atoms in total. The molecule has 106 valence electrons. The normalized spacial score (nSPS) is 13.7. The molecule has 0 fully saturated rings. The van der Waals surface area contributed by atoms with Crippen molar-refractivity contribution in [2.45, 2.75) is 32.2 Å². The summed E-state index contributed by atoms with van der Waals surface area (Å²) in [4.78, 5) is 12.2. The lowest BCUT2D eigenvalue weighted by atomic mass is 9.94. The third-order valence-electron chi connectivity index (χ3n) is 3.29. The number of nitrogens with two attached hydrogens (primary N) is 1. The predicted molar refractivity (Wildman–Crippen MR) is 75.3 cm³/mol. The van der Waals surface area contributed by atoms with Crippen molar-refractivity contribution in [1.29, 1.82) is 0 Å². The minimum absolute atomic E-state index is 0.0326. The number of hydrogen-bond donors (Lipinski definition) is 3. The van der Waals surface area contributed by atoms with Crippen LogP contribution in [0.3, 0.4) is 0 Å². The molecule has 0 aliphatic heterocycles. The Kier molecular flexibility index (Phi) is 5.18. The van der Waals surface area contributed by atoms with Gasteiger partial charge in [-0.15, -0.1) is 0 Å². The molecule has 0 aromatic heterocycles. The Bertz CT molecular complexity index is 448. The van der Waals surface area contributed by atoms with Crippen molar-refractivity contribution in [1.82, 2.24) is 5.32 Å². The topological polar surface area (TPSA) is 84.6 Å². The molecule has 0 heterocycles. The average Bonchev–Trinajstić information content (AvgIpc) is 2.38. The van der Waals surface area contributed by atoms with Crippen LogP contribution in [0, 0.1) is 0 Å². The third kappa shape index (κ3) is 4.13. The van der Waals surface area contributed by atoms with Crippen molar-refractivity contribution in [3.05, 3.63) is 23.8 Å². The van der Waals surface area contributed by atoms with E-state index in [9.17, 15) is 4.79 Å². The van der Waals surface area contributed by atoms with Crippen molar-refractivity contribution in [2.75, 3.05) is 19.5 Å². The Hall–Kier alpha value is -1.75. The van der Waals surface area contributed by atoms with Crippen molar-refractivity contribution in [2.24, 2.45) is 0 Å². The van der Waals surface area contributed by atoms with Crippen LogP contribution in [0.15, 0.2) is 18.2 Å². The van der Waals surface area contributed by atoms with Gasteiger partial charge < -0.3 is 20.9 Å². The third-order valence-corrected chi connectivity index (χ3v) is 3.29. The van der Waals surface area contributed by atoms with Crippen LogP contribution in [-0.2, 0) is 0 Å². The first kappa shape index (κ1) is 15.3. The van der Waals surface area contributed by atoms with Gasteiger partial charge in [-0.2, -0.15) is 0 Å². The van der Waals surface area contributed by atoms with Gasteiger partial charge in [-0.05, 0) is 31.9 Å². The van der Waals surface area contributed by atoms with E-state index in [4.69, 9.17) is 15.6 Å². The van der Waals surface area contributed by atoms with Gasteiger partial charge in [0.1, 0.15) is 5.75 Å². The number of methoxy groups -OCH3 is 1. The molecule has 1 aromatic carbocycles. The monoisotopic (exact) mass is 266 g/mol. The van der Waals surface area contributed by atoms with Gasteiger partial charge >= 0.3 is 0 Å². The predicted octanol–water partition coefficient (Wildman–Crippen LogP) is 1.56. The van der Waals surface area contributed by atoms with Crippen molar-refractivity contribution < 1.29 is 14.6 Å². The standard InChI is InChI=1S/C14H22N2O3/c1-4-14(2,5-6-17)16-13(18)10-7-11(15)9-12(8-10)19-3/h7-9,17H,4-6,15H2,1-3H3,(H,16,18). The van der Waals surface area contributed by atoms with E-state index in [2.05, 4.69) is 5.32 Å². The van der Waals surface area contributed by atoms with E-state index < -0.39 is 5.54 Å². The second-order valence-corrected chi connectivity index (χ2v) is 4.84. The Morgan fingerprint density at radius 1 is 1.47 bits per heavy atom. The molecule has 0 saturated carbocycles. The zero-order chi connectivity index (χ0) is 14.5. The number of carbonyl (C=O) groups is 1. The van der Waals surface area contributed by atoms with Crippen LogP contribution in [0.5, 0.6) is 5.75 Å². The summed E-state index contributed by atoms with van der Waals surface area (Å²) < 4.78 is 5.09. The van der Waals surface area contributed by atoms with Crippen molar-refractivity contribution in [3.63, 3.8) is 0 Å². The lowest BCUT2D eigenvalue weighted by molar-refractivity contribution is 0.0886. The number of ether oxygens (including phenoxy) is 1. The molecular formula is C14H22N2O3. The first-order valence-corrected chi connectivity index (χ1v) is 6.32. The maximum atomic E-state index is 12.2. The largest absolute Gasteiger partial charge is 0.497 e. The molecule has 1 rings (SSSR count). The number of aliphatic hydroxyl groups excluding tert-OH is 1. The number of hydrogen-bond acceptors (Lipinski definition) is 4. The van der Waals surface area contributed by atoms with Gasteiger partial charge in [-0.3, -0.25) is 4.79 Å². The molecule has 5 heteroatoms. The van der Waals surface area contributed by atoms with E-state index in [-0.39, 0.29) is 12.5 Å². The summed E-state index contributed by atoms with van der Waals surface area (Å²) in [6.07, 6.45) is 1.24. The number of benzene rings is 1. The van der Waals surface area contributed by atoms with E-state index in [1.165, 1.54) is 7.11 Å². The molecule has 0 spiro atoms. The fourth-order valence-corrected chi connectivity index (χ4v) is 1.79. The van der Waals surface area contributed by atoms with E-state index in [1.807, 2.05) is 13.8 Å². The van der Waals surface area contributed by atoms with Gasteiger partial charge in [0, 0.05) is 29.5 Å². The van der Waals surface area contributed by atoms with Crippen LogP contribution in [0.25, 0.3) is 0 Å². The number of anilines is 1. The van der Waals surface area contributed by atoms with Crippen molar-refractivity contribution in [3.8, 4) is 5.75 Å². The van der Waals surface area contributed by atoms with Gasteiger partial charge in [0.05, 0.1) is 7.11 Å². The van der Waals surface area contributed by atoms with Crippen molar-refractivity contribution >= 4 is 11.6 Å².